The molecule has 6 heteroatoms. The molecule has 0 aliphatic heterocycles. The van der Waals surface area contributed by atoms with Crippen molar-refractivity contribution < 1.29 is 9.53 Å². The summed E-state index contributed by atoms with van der Waals surface area (Å²) in [6, 6.07) is 0. The number of aromatic nitrogens is 1. The lowest BCUT2D eigenvalue weighted by Crippen LogP contribution is -2.12. The molecule has 0 aliphatic carbocycles. The zero-order valence-corrected chi connectivity index (χ0v) is 8.06. The van der Waals surface area contributed by atoms with Gasteiger partial charge in [-0.3, -0.25) is 4.79 Å². The smallest absolute Gasteiger partial charge is 0.268 e. The van der Waals surface area contributed by atoms with E-state index < -0.39 is 5.91 Å². The molecular weight excluding hydrogens is 190 g/mol. The molecule has 1 heterocycles. The monoisotopic (exact) mass is 201 g/mol. The summed E-state index contributed by atoms with van der Waals surface area (Å²) in [6.45, 7) is 1.27. The highest BCUT2D eigenvalue weighted by Crippen LogP contribution is 2.14. The molecule has 0 atom stereocenters. The molecule has 1 aromatic rings. The number of hydrogen-bond donors (Lipinski definition) is 2. The van der Waals surface area contributed by atoms with Crippen molar-refractivity contribution in [2.75, 3.05) is 25.6 Å². The van der Waals surface area contributed by atoms with Crippen LogP contribution in [-0.2, 0) is 4.74 Å². The number of nitrogens with zero attached hydrogens (tertiary/aromatic N) is 1. The maximum atomic E-state index is 10.7. The second-order valence-corrected chi connectivity index (χ2v) is 3.18. The van der Waals surface area contributed by atoms with Crippen molar-refractivity contribution in [3.63, 3.8) is 0 Å². The van der Waals surface area contributed by atoms with Gasteiger partial charge >= 0.3 is 0 Å². The molecule has 0 unspecified atom stereocenters. The van der Waals surface area contributed by atoms with Crippen LogP contribution in [0.4, 0.5) is 5.13 Å². The van der Waals surface area contributed by atoms with E-state index >= 15 is 0 Å². The molecule has 0 saturated heterocycles. The van der Waals surface area contributed by atoms with Gasteiger partial charge in [0.2, 0.25) is 0 Å². The van der Waals surface area contributed by atoms with E-state index in [1.54, 1.807) is 12.5 Å². The van der Waals surface area contributed by atoms with E-state index in [0.29, 0.717) is 24.0 Å². The fourth-order valence-corrected chi connectivity index (χ4v) is 1.46. The Hall–Kier alpha value is -1.14. The third-order valence-corrected chi connectivity index (χ3v) is 2.14. The minimum atomic E-state index is -0.504. The van der Waals surface area contributed by atoms with Crippen LogP contribution in [0.25, 0.3) is 0 Å². The van der Waals surface area contributed by atoms with Crippen LogP contribution < -0.4 is 11.1 Å². The number of nitrogens with two attached hydrogens (primary N) is 1. The standard InChI is InChI=1S/C7H11N3O2S/c1-12-3-2-9-7-10-5(4-13-7)6(8)11/h4H,2-3H2,1H3,(H2,8,11)(H,9,10). The lowest BCUT2D eigenvalue weighted by Gasteiger charge is -1.99. The topological polar surface area (TPSA) is 77.2 Å². The van der Waals surface area contributed by atoms with Crippen LogP contribution in [0.5, 0.6) is 0 Å². The average molecular weight is 201 g/mol. The summed E-state index contributed by atoms with van der Waals surface area (Å²) in [4.78, 5) is 14.6. The predicted molar refractivity (Wildman–Crippen MR) is 51.0 cm³/mol. The Morgan fingerprint density at radius 2 is 2.62 bits per heavy atom. The summed E-state index contributed by atoms with van der Waals surface area (Å²) < 4.78 is 4.84. The van der Waals surface area contributed by atoms with Crippen molar-refractivity contribution in [3.05, 3.63) is 11.1 Å². The highest BCUT2D eigenvalue weighted by atomic mass is 32.1. The van der Waals surface area contributed by atoms with Crippen molar-refractivity contribution in [3.8, 4) is 0 Å². The first kappa shape index (κ1) is 9.94. The van der Waals surface area contributed by atoms with Crippen molar-refractivity contribution in [2.45, 2.75) is 0 Å². The van der Waals surface area contributed by atoms with Crippen LogP contribution in [0.15, 0.2) is 5.38 Å². The molecule has 1 rings (SSSR count). The van der Waals surface area contributed by atoms with E-state index in [2.05, 4.69) is 10.3 Å². The Morgan fingerprint density at radius 1 is 1.85 bits per heavy atom. The first-order chi connectivity index (χ1) is 6.24. The lowest BCUT2D eigenvalue weighted by atomic mass is 10.5. The SMILES string of the molecule is COCCNc1nc(C(N)=O)cs1. The number of anilines is 1. The van der Waals surface area contributed by atoms with Crippen molar-refractivity contribution in [1.82, 2.24) is 4.98 Å². The van der Waals surface area contributed by atoms with Crippen molar-refractivity contribution >= 4 is 22.4 Å². The lowest BCUT2D eigenvalue weighted by molar-refractivity contribution is 0.0996. The number of primary amides is 1. The number of methoxy groups -OCH3 is 1. The molecule has 5 nitrogen and oxygen atoms in total. The van der Waals surface area contributed by atoms with Crippen LogP contribution in [0.3, 0.4) is 0 Å². The molecule has 3 N–H and O–H groups in total. The Kier molecular flexibility index (Phi) is 3.66. The molecular formula is C7H11N3O2S. The third-order valence-electron chi connectivity index (χ3n) is 1.34. The fraction of sp³-hybridized carbons (Fsp3) is 0.429. The summed E-state index contributed by atoms with van der Waals surface area (Å²) in [6.07, 6.45) is 0. The Balaban J connectivity index is 2.44. The van der Waals surface area contributed by atoms with E-state index in [1.807, 2.05) is 0 Å². The minimum absolute atomic E-state index is 0.296. The molecule has 0 radical (unpaired) electrons. The third kappa shape index (κ3) is 3.00. The average Bonchev–Trinajstić information content (AvgIpc) is 2.53. The van der Waals surface area contributed by atoms with E-state index in [0.717, 1.165) is 0 Å². The maximum Gasteiger partial charge on any atom is 0.268 e. The van der Waals surface area contributed by atoms with Gasteiger partial charge in [0, 0.05) is 19.0 Å². The van der Waals surface area contributed by atoms with Crippen LogP contribution >= 0.6 is 11.3 Å². The summed E-state index contributed by atoms with van der Waals surface area (Å²) in [5.41, 5.74) is 5.33. The quantitative estimate of drug-likeness (QED) is 0.672. The fourth-order valence-electron chi connectivity index (χ4n) is 0.728. The summed E-state index contributed by atoms with van der Waals surface area (Å²) in [5, 5.41) is 5.30. The molecule has 13 heavy (non-hydrogen) atoms. The molecule has 1 aromatic heterocycles. The van der Waals surface area contributed by atoms with E-state index in [1.165, 1.54) is 11.3 Å². The summed E-state index contributed by atoms with van der Waals surface area (Å²) in [7, 11) is 1.62. The van der Waals surface area contributed by atoms with Crippen LogP contribution in [0.2, 0.25) is 0 Å². The van der Waals surface area contributed by atoms with Gasteiger partial charge in [-0.05, 0) is 0 Å². The summed E-state index contributed by atoms with van der Waals surface area (Å²) in [5.74, 6) is -0.504. The number of ether oxygens (including phenoxy) is 1. The van der Waals surface area contributed by atoms with Gasteiger partial charge in [0.05, 0.1) is 6.61 Å². The molecule has 0 fully saturated rings. The molecule has 72 valence electrons. The number of hydrogen-bond acceptors (Lipinski definition) is 5. The molecule has 0 aromatic carbocycles. The van der Waals surface area contributed by atoms with Crippen LogP contribution in [0, 0.1) is 0 Å². The predicted octanol–water partition coefficient (Wildman–Crippen LogP) is 0.300. The molecule has 0 spiro atoms. The van der Waals surface area contributed by atoms with Crippen molar-refractivity contribution in [2.24, 2.45) is 5.73 Å². The number of amides is 1. The first-order valence-corrected chi connectivity index (χ1v) is 4.60. The van der Waals surface area contributed by atoms with Gasteiger partial charge < -0.3 is 15.8 Å². The second kappa shape index (κ2) is 4.78. The number of carbonyl (C=O) groups excluding carboxylic acids is 1. The Morgan fingerprint density at radius 3 is 3.15 bits per heavy atom. The van der Waals surface area contributed by atoms with Gasteiger partial charge in [-0.1, -0.05) is 0 Å². The summed E-state index contributed by atoms with van der Waals surface area (Å²) >= 11 is 1.35. The van der Waals surface area contributed by atoms with E-state index in [9.17, 15) is 4.79 Å². The number of carbonyl (C=O) groups is 1. The normalized spacial score (nSPS) is 9.92. The van der Waals surface area contributed by atoms with E-state index in [-0.39, 0.29) is 0 Å². The Bertz CT molecular complexity index is 287. The van der Waals surface area contributed by atoms with Crippen LogP contribution in [0.1, 0.15) is 10.5 Å². The first-order valence-electron chi connectivity index (χ1n) is 3.72. The minimum Gasteiger partial charge on any atom is -0.383 e. The van der Waals surface area contributed by atoms with Gasteiger partial charge in [0.25, 0.3) is 5.91 Å². The van der Waals surface area contributed by atoms with Gasteiger partial charge in [-0.2, -0.15) is 0 Å². The van der Waals surface area contributed by atoms with Crippen molar-refractivity contribution in [1.29, 1.82) is 0 Å². The van der Waals surface area contributed by atoms with Gasteiger partial charge in [0.15, 0.2) is 5.13 Å². The highest BCUT2D eigenvalue weighted by molar-refractivity contribution is 7.13. The number of nitrogens with one attached hydrogen (secondary N) is 1. The van der Waals surface area contributed by atoms with Gasteiger partial charge in [-0.15, -0.1) is 11.3 Å². The maximum absolute atomic E-state index is 10.7. The molecule has 0 saturated carbocycles. The zero-order valence-electron chi connectivity index (χ0n) is 7.24. The number of thiazole rings is 1. The van der Waals surface area contributed by atoms with Gasteiger partial charge in [0.1, 0.15) is 5.69 Å². The molecule has 0 bridgehead atoms. The van der Waals surface area contributed by atoms with Crippen LogP contribution in [-0.4, -0.2) is 31.2 Å². The number of rotatable bonds is 5. The zero-order chi connectivity index (χ0) is 9.68. The van der Waals surface area contributed by atoms with Gasteiger partial charge in [-0.25, -0.2) is 4.98 Å². The second-order valence-electron chi connectivity index (χ2n) is 2.32. The Labute approximate surface area is 79.9 Å². The molecule has 1 amide bonds. The largest absolute Gasteiger partial charge is 0.383 e. The molecule has 0 aliphatic rings. The van der Waals surface area contributed by atoms with E-state index in [4.69, 9.17) is 10.5 Å². The highest BCUT2D eigenvalue weighted by Gasteiger charge is 2.05.